The van der Waals surface area contributed by atoms with Crippen molar-refractivity contribution in [3.63, 3.8) is 0 Å². The Morgan fingerprint density at radius 2 is 1.70 bits per heavy atom. The highest BCUT2D eigenvalue weighted by atomic mass is 16.3. The zero-order valence-corrected chi connectivity index (χ0v) is 19.5. The second-order valence-electron chi connectivity index (χ2n) is 8.45. The van der Waals surface area contributed by atoms with Crippen LogP contribution >= 0.6 is 0 Å². The molecule has 1 saturated heterocycles. The number of nitrogens with one attached hydrogen (secondary N) is 1. The normalized spacial score (nSPS) is 14.2. The van der Waals surface area contributed by atoms with E-state index < -0.39 is 0 Å². The zero-order valence-electron chi connectivity index (χ0n) is 19.5. The number of benzene rings is 3. The van der Waals surface area contributed by atoms with E-state index in [1.165, 1.54) is 5.56 Å². The quantitative estimate of drug-likeness (QED) is 0.395. The Bertz CT molecular complexity index is 1090. The van der Waals surface area contributed by atoms with E-state index >= 15 is 0 Å². The predicted molar refractivity (Wildman–Crippen MR) is 134 cm³/mol. The number of anilines is 1. The number of piperidine rings is 1. The van der Waals surface area contributed by atoms with E-state index in [0.717, 1.165) is 48.3 Å². The van der Waals surface area contributed by atoms with E-state index in [4.69, 9.17) is 0 Å². The van der Waals surface area contributed by atoms with Gasteiger partial charge in [0.1, 0.15) is 5.75 Å². The van der Waals surface area contributed by atoms with Crippen molar-refractivity contribution >= 4 is 17.8 Å². The van der Waals surface area contributed by atoms with E-state index in [2.05, 4.69) is 29.4 Å². The third-order valence-electron chi connectivity index (χ3n) is 6.14. The van der Waals surface area contributed by atoms with Crippen LogP contribution < -0.4 is 5.32 Å². The van der Waals surface area contributed by atoms with Crippen LogP contribution in [0.3, 0.4) is 0 Å². The Labute approximate surface area is 196 Å². The molecule has 0 atom stereocenters. The summed E-state index contributed by atoms with van der Waals surface area (Å²) in [6, 6.07) is 21.3. The van der Waals surface area contributed by atoms with E-state index in [1.54, 1.807) is 13.0 Å². The van der Waals surface area contributed by atoms with Gasteiger partial charge in [-0.15, -0.1) is 0 Å². The van der Waals surface area contributed by atoms with Gasteiger partial charge in [0.25, 0.3) is 0 Å². The molecule has 0 bridgehead atoms. The second-order valence-corrected chi connectivity index (χ2v) is 8.45. The van der Waals surface area contributed by atoms with Gasteiger partial charge in [-0.1, -0.05) is 42.5 Å². The molecule has 4 rings (SSSR count). The fourth-order valence-electron chi connectivity index (χ4n) is 4.13. The van der Waals surface area contributed by atoms with Crippen molar-refractivity contribution < 1.29 is 14.7 Å². The van der Waals surface area contributed by atoms with Gasteiger partial charge < -0.3 is 15.3 Å². The van der Waals surface area contributed by atoms with Crippen LogP contribution in [0.2, 0.25) is 0 Å². The predicted octanol–water partition coefficient (Wildman–Crippen LogP) is 5.61. The van der Waals surface area contributed by atoms with Crippen molar-refractivity contribution in [1.82, 2.24) is 4.90 Å². The molecule has 2 N–H and O–H groups in total. The molecule has 0 unspecified atom stereocenters. The van der Waals surface area contributed by atoms with E-state index in [1.807, 2.05) is 55.6 Å². The van der Waals surface area contributed by atoms with Crippen molar-refractivity contribution in [2.24, 2.45) is 0 Å². The Morgan fingerprint density at radius 3 is 2.30 bits per heavy atom. The molecule has 0 aliphatic carbocycles. The number of aromatic hydroxyl groups is 1. The first-order chi connectivity index (χ1) is 15.9. The van der Waals surface area contributed by atoms with Crippen molar-refractivity contribution in [3.8, 4) is 16.9 Å². The molecule has 0 amide bonds. The van der Waals surface area contributed by atoms with E-state index in [-0.39, 0.29) is 11.5 Å². The van der Waals surface area contributed by atoms with Crippen LogP contribution in [-0.2, 0) is 0 Å². The fourth-order valence-corrected chi connectivity index (χ4v) is 4.13. The number of ketones is 1. The highest BCUT2D eigenvalue weighted by molar-refractivity contribution is 6.00. The van der Waals surface area contributed by atoms with Crippen LogP contribution in [0.15, 0.2) is 66.7 Å². The van der Waals surface area contributed by atoms with Gasteiger partial charge >= 0.3 is 0 Å². The molecule has 0 saturated carbocycles. The van der Waals surface area contributed by atoms with Crippen molar-refractivity contribution in [2.45, 2.75) is 25.7 Å². The lowest BCUT2D eigenvalue weighted by Crippen LogP contribution is -2.29. The number of hydrogen-bond acceptors (Lipinski definition) is 5. The number of Topliss-reactive ketones (excluding diaryl/α,β-unsaturated/α-hetero) is 1. The Hall–Kier alpha value is -3.44. The summed E-state index contributed by atoms with van der Waals surface area (Å²) in [5, 5.41) is 12.5. The van der Waals surface area contributed by atoms with Gasteiger partial charge in [-0.2, -0.15) is 0 Å². The van der Waals surface area contributed by atoms with Gasteiger partial charge in [0.15, 0.2) is 12.1 Å². The molecule has 0 spiro atoms. The fraction of sp³-hybridized carbons (Fsp3) is 0.286. The second kappa shape index (κ2) is 11.4. The number of hydrogen-bond donors (Lipinski definition) is 2. The molecule has 3 aromatic rings. The van der Waals surface area contributed by atoms with Crippen molar-refractivity contribution in [1.29, 1.82) is 0 Å². The Morgan fingerprint density at radius 1 is 1.00 bits per heavy atom. The summed E-state index contributed by atoms with van der Waals surface area (Å²) in [4.78, 5) is 24.5. The maximum Gasteiger partial charge on any atom is 0.161 e. The van der Waals surface area contributed by atoms with Gasteiger partial charge in [-0.05, 0) is 86.8 Å². The number of likely N-dealkylation sites (tertiary alicyclic amines) is 1. The first-order valence-corrected chi connectivity index (χ1v) is 11.3. The van der Waals surface area contributed by atoms with Crippen LogP contribution in [0.1, 0.15) is 52.0 Å². The maximum atomic E-state index is 11.4. The molecule has 1 heterocycles. The third-order valence-corrected chi connectivity index (χ3v) is 6.14. The number of nitrogens with zero attached hydrogens (tertiary/aromatic N) is 1. The summed E-state index contributed by atoms with van der Waals surface area (Å²) in [7, 11) is 3.96. The molecule has 1 aliphatic rings. The number of carbonyl (C=O) groups excluding carboxylic acids is 2. The minimum absolute atomic E-state index is 0.0756. The molecule has 0 radical (unpaired) electrons. The number of phenolic OH excluding ortho intramolecular Hbond substituents is 1. The van der Waals surface area contributed by atoms with Gasteiger partial charge in [0.2, 0.25) is 0 Å². The molecule has 172 valence electrons. The van der Waals surface area contributed by atoms with Gasteiger partial charge in [-0.25, -0.2) is 0 Å². The average molecular weight is 445 g/mol. The number of carbonyl (C=O) groups is 2. The molecule has 5 nitrogen and oxygen atoms in total. The monoisotopic (exact) mass is 444 g/mol. The SMILES string of the molecule is CN1CCC(c2ccc(O)c(C=O)c2)CC1.CNc1cc(-c2ccccc2)ccc1C(C)=O. The molecule has 0 aromatic heterocycles. The lowest BCUT2D eigenvalue weighted by atomic mass is 9.89. The molecule has 5 heteroatoms. The highest BCUT2D eigenvalue weighted by Crippen LogP contribution is 2.30. The van der Waals surface area contributed by atoms with Crippen LogP contribution in [0, 0.1) is 0 Å². The van der Waals surface area contributed by atoms with Crippen LogP contribution in [0.25, 0.3) is 11.1 Å². The third kappa shape index (κ3) is 6.30. The number of rotatable bonds is 5. The average Bonchev–Trinajstić information content (AvgIpc) is 2.85. The first-order valence-electron chi connectivity index (χ1n) is 11.3. The van der Waals surface area contributed by atoms with Crippen molar-refractivity contribution in [3.05, 3.63) is 83.4 Å². The molecule has 1 aliphatic heterocycles. The molecular formula is C28H32N2O3. The van der Waals surface area contributed by atoms with Gasteiger partial charge in [0, 0.05) is 18.3 Å². The summed E-state index contributed by atoms with van der Waals surface area (Å²) >= 11 is 0. The van der Waals surface area contributed by atoms with Crippen LogP contribution in [0.5, 0.6) is 5.75 Å². The summed E-state index contributed by atoms with van der Waals surface area (Å²) < 4.78 is 0. The maximum absolute atomic E-state index is 11.4. The summed E-state index contributed by atoms with van der Waals surface area (Å²) in [5.74, 6) is 0.677. The van der Waals surface area contributed by atoms with Crippen LogP contribution in [-0.4, -0.2) is 49.3 Å². The lowest BCUT2D eigenvalue weighted by molar-refractivity contribution is 0.101. The molecule has 1 fully saturated rings. The first kappa shape index (κ1) is 24.2. The smallest absolute Gasteiger partial charge is 0.161 e. The van der Waals surface area contributed by atoms with Crippen LogP contribution in [0.4, 0.5) is 5.69 Å². The minimum atomic E-state index is 0.0756. The lowest BCUT2D eigenvalue weighted by Gasteiger charge is -2.29. The number of aldehydes is 1. The summed E-state index contributed by atoms with van der Waals surface area (Å²) in [6.07, 6.45) is 2.97. The summed E-state index contributed by atoms with van der Waals surface area (Å²) in [5.41, 5.74) is 5.44. The Kier molecular flexibility index (Phi) is 8.39. The Balaban J connectivity index is 0.000000186. The number of phenols is 1. The van der Waals surface area contributed by atoms with Gasteiger partial charge in [-0.3, -0.25) is 9.59 Å². The van der Waals surface area contributed by atoms with Crippen molar-refractivity contribution in [2.75, 3.05) is 32.5 Å². The highest BCUT2D eigenvalue weighted by Gasteiger charge is 2.19. The molecular weight excluding hydrogens is 412 g/mol. The molecule has 33 heavy (non-hydrogen) atoms. The standard InChI is InChI=1S/C15H15NO.C13H17NO2/c1-11(17)14-9-8-13(10-15(14)16-2)12-6-4-3-5-7-12;1-14-6-4-10(5-7-14)11-2-3-13(16)12(8-11)9-15/h3-10,16H,1-2H3;2-3,8-10,16H,4-7H2,1H3. The molecule has 3 aromatic carbocycles. The minimum Gasteiger partial charge on any atom is -0.507 e. The zero-order chi connectivity index (χ0) is 23.8. The summed E-state index contributed by atoms with van der Waals surface area (Å²) in [6.45, 7) is 3.78. The van der Waals surface area contributed by atoms with Gasteiger partial charge in [0.05, 0.1) is 5.56 Å². The largest absolute Gasteiger partial charge is 0.507 e. The van der Waals surface area contributed by atoms with E-state index in [9.17, 15) is 14.7 Å². The van der Waals surface area contributed by atoms with E-state index in [0.29, 0.717) is 17.8 Å². The topological polar surface area (TPSA) is 69.6 Å².